The van der Waals surface area contributed by atoms with Crippen LogP contribution in [0.5, 0.6) is 23.0 Å². The van der Waals surface area contributed by atoms with Gasteiger partial charge in [-0.25, -0.2) is 0 Å². The fourth-order valence-electron chi connectivity index (χ4n) is 1.10. The van der Waals surface area contributed by atoms with E-state index in [0.29, 0.717) is 11.5 Å². The summed E-state index contributed by atoms with van der Waals surface area (Å²) in [6.45, 7) is 0. The Bertz CT molecular complexity index is 422. The lowest BCUT2D eigenvalue weighted by atomic mass is 10.3. The van der Waals surface area contributed by atoms with E-state index in [1.54, 1.807) is 12.1 Å². The number of hydrogen-bond donors (Lipinski definition) is 2. The first kappa shape index (κ1) is 9.40. The number of phenols is 2. The quantitative estimate of drug-likeness (QED) is 0.783. The summed E-state index contributed by atoms with van der Waals surface area (Å²) >= 11 is 0. The highest BCUT2D eigenvalue weighted by Gasteiger charge is 1.99. The second-order valence-corrected chi connectivity index (χ2v) is 2.92. The van der Waals surface area contributed by atoms with Gasteiger partial charge in [-0.05, 0) is 24.3 Å². The molecule has 0 heterocycles. The summed E-state index contributed by atoms with van der Waals surface area (Å²) in [5.74, 6) is 0.946. The Morgan fingerprint density at radius 2 is 1.33 bits per heavy atom. The number of aromatic hydroxyl groups is 2. The van der Waals surface area contributed by atoms with E-state index >= 15 is 0 Å². The molecule has 0 fully saturated rings. The molecule has 3 nitrogen and oxygen atoms in total. The Labute approximate surface area is 87.2 Å². The molecule has 0 saturated heterocycles. The van der Waals surface area contributed by atoms with Gasteiger partial charge in [0, 0.05) is 24.3 Å². The summed E-state index contributed by atoms with van der Waals surface area (Å²) in [6.07, 6.45) is 0. The van der Waals surface area contributed by atoms with Gasteiger partial charge in [0.2, 0.25) is 0 Å². The van der Waals surface area contributed by atoms with Crippen molar-refractivity contribution in [3.8, 4) is 23.0 Å². The number of benzene rings is 2. The fourth-order valence-corrected chi connectivity index (χ4v) is 1.10. The number of hydrogen-bond acceptors (Lipinski definition) is 3. The van der Waals surface area contributed by atoms with Crippen molar-refractivity contribution in [1.82, 2.24) is 0 Å². The van der Waals surface area contributed by atoms with Crippen LogP contribution in [-0.4, -0.2) is 10.2 Å². The smallest absolute Gasteiger partial charge is 0.139 e. The van der Waals surface area contributed by atoms with Crippen molar-refractivity contribution in [1.29, 1.82) is 0 Å². The minimum absolute atomic E-state index is 0.101. The second kappa shape index (κ2) is 3.92. The Morgan fingerprint density at radius 3 is 1.73 bits per heavy atom. The molecule has 0 aliphatic heterocycles. The van der Waals surface area contributed by atoms with Crippen LogP contribution in [0.4, 0.5) is 0 Å². The van der Waals surface area contributed by atoms with Gasteiger partial charge in [-0.2, -0.15) is 0 Å². The van der Waals surface area contributed by atoms with Crippen LogP contribution in [-0.2, 0) is 0 Å². The van der Waals surface area contributed by atoms with Gasteiger partial charge >= 0.3 is 0 Å². The van der Waals surface area contributed by atoms with Crippen molar-refractivity contribution in [3.05, 3.63) is 48.5 Å². The maximum absolute atomic E-state index is 9.19. The van der Waals surface area contributed by atoms with Crippen LogP contribution in [0.2, 0.25) is 0 Å². The van der Waals surface area contributed by atoms with Crippen LogP contribution in [0.25, 0.3) is 0 Å². The van der Waals surface area contributed by atoms with Crippen LogP contribution in [0.3, 0.4) is 0 Å². The Morgan fingerprint density at radius 1 is 0.867 bits per heavy atom. The van der Waals surface area contributed by atoms with Crippen molar-refractivity contribution in [3.63, 3.8) is 0 Å². The third-order valence-electron chi connectivity index (χ3n) is 1.74. The molecule has 2 radical (unpaired) electrons. The molecule has 0 atom stereocenters. The first-order valence-electron chi connectivity index (χ1n) is 4.33. The molecule has 0 spiro atoms. The molecule has 0 unspecified atom stereocenters. The molecular formula is C12H8O3. The predicted octanol–water partition coefficient (Wildman–Crippen LogP) is 2.49. The van der Waals surface area contributed by atoms with E-state index < -0.39 is 0 Å². The van der Waals surface area contributed by atoms with Gasteiger partial charge < -0.3 is 14.9 Å². The molecule has 2 aromatic carbocycles. The Hall–Kier alpha value is -2.16. The van der Waals surface area contributed by atoms with E-state index in [2.05, 4.69) is 12.1 Å². The van der Waals surface area contributed by atoms with E-state index in [1.807, 2.05) is 0 Å². The zero-order chi connectivity index (χ0) is 10.7. The van der Waals surface area contributed by atoms with Gasteiger partial charge in [0.15, 0.2) is 0 Å². The van der Waals surface area contributed by atoms with E-state index in [9.17, 15) is 10.2 Å². The number of phenolic OH excluding ortho intramolecular Hbond substituents is 2. The van der Waals surface area contributed by atoms with Crippen LogP contribution in [0.15, 0.2) is 36.4 Å². The molecule has 3 heteroatoms. The lowest BCUT2D eigenvalue weighted by Gasteiger charge is -2.04. The molecule has 2 aromatic rings. The maximum Gasteiger partial charge on any atom is 0.139 e. The summed E-state index contributed by atoms with van der Waals surface area (Å²) in [5.41, 5.74) is 0. The number of ether oxygens (including phenoxy) is 1. The minimum Gasteiger partial charge on any atom is -0.508 e. The highest BCUT2D eigenvalue weighted by atomic mass is 16.5. The van der Waals surface area contributed by atoms with Crippen LogP contribution in [0, 0.1) is 12.1 Å². The normalized spacial score (nSPS) is 9.87. The molecule has 0 aliphatic carbocycles. The monoisotopic (exact) mass is 200 g/mol. The lowest BCUT2D eigenvalue weighted by Crippen LogP contribution is -1.83. The average molecular weight is 200 g/mol. The predicted molar refractivity (Wildman–Crippen MR) is 54.0 cm³/mol. The first-order valence-corrected chi connectivity index (χ1v) is 4.33. The van der Waals surface area contributed by atoms with E-state index in [1.165, 1.54) is 24.3 Å². The van der Waals surface area contributed by atoms with Crippen molar-refractivity contribution in [2.75, 3.05) is 0 Å². The third kappa shape index (κ3) is 2.40. The van der Waals surface area contributed by atoms with Crippen molar-refractivity contribution in [2.45, 2.75) is 0 Å². The lowest BCUT2D eigenvalue weighted by molar-refractivity contribution is 0.445. The summed E-state index contributed by atoms with van der Waals surface area (Å²) in [6, 6.07) is 14.5. The summed E-state index contributed by atoms with van der Waals surface area (Å²) < 4.78 is 5.31. The third-order valence-corrected chi connectivity index (χ3v) is 1.74. The van der Waals surface area contributed by atoms with E-state index in [4.69, 9.17) is 4.74 Å². The summed E-state index contributed by atoms with van der Waals surface area (Å²) in [5, 5.41) is 18.4. The number of rotatable bonds is 2. The topological polar surface area (TPSA) is 49.7 Å². The zero-order valence-electron chi connectivity index (χ0n) is 7.77. The van der Waals surface area contributed by atoms with Gasteiger partial charge in [0.25, 0.3) is 0 Å². The van der Waals surface area contributed by atoms with Gasteiger partial charge in [-0.3, -0.25) is 0 Å². The molecule has 74 valence electrons. The SMILES string of the molecule is Oc1cc[c]c(Oc2[c]ccc(O)c2)c1. The molecular weight excluding hydrogens is 192 g/mol. The molecule has 2 rings (SSSR count). The molecule has 0 bridgehead atoms. The molecule has 15 heavy (non-hydrogen) atoms. The summed E-state index contributed by atoms with van der Waals surface area (Å²) in [7, 11) is 0. The molecule has 2 N–H and O–H groups in total. The summed E-state index contributed by atoms with van der Waals surface area (Å²) in [4.78, 5) is 0. The Balaban J connectivity index is 2.22. The van der Waals surface area contributed by atoms with Crippen LogP contribution < -0.4 is 4.74 Å². The van der Waals surface area contributed by atoms with Gasteiger partial charge in [-0.1, -0.05) is 0 Å². The fraction of sp³-hybridized carbons (Fsp3) is 0. The highest BCUT2D eigenvalue weighted by Crippen LogP contribution is 2.25. The molecule has 0 aliphatic rings. The molecule has 0 saturated carbocycles. The van der Waals surface area contributed by atoms with Crippen molar-refractivity contribution in [2.24, 2.45) is 0 Å². The van der Waals surface area contributed by atoms with Gasteiger partial charge in [-0.15, -0.1) is 0 Å². The van der Waals surface area contributed by atoms with Crippen LogP contribution in [0.1, 0.15) is 0 Å². The molecule has 0 amide bonds. The van der Waals surface area contributed by atoms with E-state index in [0.717, 1.165) is 0 Å². The standard InChI is InChI=1S/C12H8O3/c13-9-3-1-5-11(7-9)15-12-6-2-4-10(14)8-12/h1-4,7-8,13-14H. The van der Waals surface area contributed by atoms with Gasteiger partial charge in [0.05, 0.1) is 0 Å². The maximum atomic E-state index is 9.19. The zero-order valence-corrected chi connectivity index (χ0v) is 7.77. The van der Waals surface area contributed by atoms with Crippen molar-refractivity contribution < 1.29 is 14.9 Å². The largest absolute Gasteiger partial charge is 0.508 e. The minimum atomic E-state index is 0.101. The van der Waals surface area contributed by atoms with E-state index in [-0.39, 0.29) is 11.5 Å². The van der Waals surface area contributed by atoms with Gasteiger partial charge in [0.1, 0.15) is 23.0 Å². The second-order valence-electron chi connectivity index (χ2n) is 2.92. The van der Waals surface area contributed by atoms with Crippen LogP contribution >= 0.6 is 0 Å². The Kier molecular flexibility index (Phi) is 2.46. The average Bonchev–Trinajstić information content (AvgIpc) is 2.17. The molecule has 0 aromatic heterocycles. The first-order chi connectivity index (χ1) is 7.24. The highest BCUT2D eigenvalue weighted by molar-refractivity contribution is 5.37. The van der Waals surface area contributed by atoms with Crippen molar-refractivity contribution >= 4 is 0 Å².